The van der Waals surface area contributed by atoms with E-state index in [4.69, 9.17) is 0 Å². The van der Waals surface area contributed by atoms with Crippen LogP contribution < -0.4 is 0 Å². The van der Waals surface area contributed by atoms with E-state index in [0.29, 0.717) is 5.56 Å². The zero-order chi connectivity index (χ0) is 9.35. The topological polar surface area (TPSA) is 17.1 Å². The van der Waals surface area contributed by atoms with Crippen LogP contribution in [0.15, 0.2) is 11.4 Å². The lowest BCUT2D eigenvalue weighted by atomic mass is 10.2. The second-order valence-electron chi connectivity index (χ2n) is 2.26. The molecule has 1 rings (SSSR count). The second kappa shape index (κ2) is 2.90. The molecule has 0 atom stereocenters. The lowest BCUT2D eigenvalue weighted by Crippen LogP contribution is -2.22. The molecular formula is C7H5F3OS. The third kappa shape index (κ3) is 1.66. The van der Waals surface area contributed by atoms with E-state index in [1.165, 1.54) is 18.4 Å². The van der Waals surface area contributed by atoms with Gasteiger partial charge in [0.1, 0.15) is 0 Å². The van der Waals surface area contributed by atoms with E-state index >= 15 is 0 Å². The molecule has 12 heavy (non-hydrogen) atoms. The van der Waals surface area contributed by atoms with Crippen LogP contribution >= 0.6 is 11.3 Å². The normalized spacial score (nSPS) is 11.7. The largest absolute Gasteiger partial charge is 0.455 e. The van der Waals surface area contributed by atoms with Gasteiger partial charge in [0.25, 0.3) is 5.78 Å². The average molecular weight is 194 g/mol. The molecule has 0 fully saturated rings. The highest BCUT2D eigenvalue weighted by atomic mass is 32.1. The Labute approximate surface area is 70.8 Å². The number of aryl methyl sites for hydroxylation is 1. The highest BCUT2D eigenvalue weighted by Crippen LogP contribution is 2.26. The first-order chi connectivity index (χ1) is 5.43. The van der Waals surface area contributed by atoms with E-state index in [1.54, 1.807) is 0 Å². The van der Waals surface area contributed by atoms with Crippen LogP contribution in [0.5, 0.6) is 0 Å². The predicted molar refractivity (Wildman–Crippen MR) is 39.4 cm³/mol. The molecule has 66 valence electrons. The SMILES string of the molecule is Cc1ccsc1C(=O)C(F)(F)F. The summed E-state index contributed by atoms with van der Waals surface area (Å²) in [4.78, 5) is 10.4. The van der Waals surface area contributed by atoms with Crippen molar-refractivity contribution >= 4 is 17.1 Å². The Bertz CT molecular complexity index is 300. The Hall–Kier alpha value is -0.840. The zero-order valence-electron chi connectivity index (χ0n) is 6.11. The molecule has 0 aliphatic rings. The van der Waals surface area contributed by atoms with E-state index in [9.17, 15) is 18.0 Å². The first kappa shape index (κ1) is 9.25. The summed E-state index contributed by atoms with van der Waals surface area (Å²) in [5.41, 5.74) is 0.377. The van der Waals surface area contributed by atoms with Crippen LogP contribution in [0.25, 0.3) is 0 Å². The molecule has 0 radical (unpaired) electrons. The average Bonchev–Trinajstić information content (AvgIpc) is 2.31. The minimum Gasteiger partial charge on any atom is -0.283 e. The van der Waals surface area contributed by atoms with Crippen molar-refractivity contribution in [1.82, 2.24) is 0 Å². The molecule has 0 aromatic carbocycles. The highest BCUT2D eigenvalue weighted by Gasteiger charge is 2.40. The molecular weight excluding hydrogens is 189 g/mol. The van der Waals surface area contributed by atoms with Crippen LogP contribution in [-0.2, 0) is 0 Å². The first-order valence-corrected chi connectivity index (χ1v) is 3.96. The number of thiophene rings is 1. The molecule has 0 unspecified atom stereocenters. The van der Waals surface area contributed by atoms with Crippen molar-refractivity contribution in [2.75, 3.05) is 0 Å². The third-order valence-electron chi connectivity index (χ3n) is 1.33. The van der Waals surface area contributed by atoms with Crippen molar-refractivity contribution in [3.05, 3.63) is 21.9 Å². The number of carbonyl (C=O) groups is 1. The van der Waals surface area contributed by atoms with Crippen LogP contribution in [0.4, 0.5) is 13.2 Å². The van der Waals surface area contributed by atoms with Gasteiger partial charge in [0, 0.05) is 0 Å². The minimum absolute atomic E-state index is 0.220. The smallest absolute Gasteiger partial charge is 0.283 e. The van der Waals surface area contributed by atoms with Crippen molar-refractivity contribution in [2.45, 2.75) is 13.1 Å². The van der Waals surface area contributed by atoms with Gasteiger partial charge in [0.15, 0.2) is 0 Å². The van der Waals surface area contributed by atoms with E-state index in [-0.39, 0.29) is 4.88 Å². The fraction of sp³-hybridized carbons (Fsp3) is 0.286. The van der Waals surface area contributed by atoms with E-state index in [0.717, 1.165) is 11.3 Å². The molecule has 1 nitrogen and oxygen atoms in total. The van der Waals surface area contributed by atoms with Crippen LogP contribution in [0.2, 0.25) is 0 Å². The van der Waals surface area contributed by atoms with Crippen LogP contribution in [-0.4, -0.2) is 12.0 Å². The number of carbonyl (C=O) groups excluding carboxylic acids is 1. The Balaban J connectivity index is 3.01. The number of ketones is 1. The van der Waals surface area contributed by atoms with Gasteiger partial charge >= 0.3 is 6.18 Å². The molecule has 0 amide bonds. The van der Waals surface area contributed by atoms with Gasteiger partial charge in [-0.3, -0.25) is 4.79 Å². The number of Topliss-reactive ketones (excluding diaryl/α,β-unsaturated/α-hetero) is 1. The summed E-state index contributed by atoms with van der Waals surface area (Å²) in [6, 6.07) is 1.49. The van der Waals surface area contributed by atoms with Gasteiger partial charge in [-0.05, 0) is 23.9 Å². The van der Waals surface area contributed by atoms with Crippen LogP contribution in [0.1, 0.15) is 15.2 Å². The first-order valence-electron chi connectivity index (χ1n) is 3.08. The third-order valence-corrected chi connectivity index (χ3v) is 2.34. The Kier molecular flexibility index (Phi) is 2.23. The molecule has 1 aromatic rings. The summed E-state index contributed by atoms with van der Waals surface area (Å²) in [5.74, 6) is -1.75. The Morgan fingerprint density at radius 2 is 2.08 bits per heavy atom. The molecule has 1 heterocycles. The standard InChI is InChI=1S/C7H5F3OS/c1-4-2-3-12-5(4)6(11)7(8,9)10/h2-3H,1H3. The molecule has 0 aliphatic carbocycles. The van der Waals surface area contributed by atoms with E-state index in [2.05, 4.69) is 0 Å². The fourth-order valence-electron chi connectivity index (χ4n) is 0.734. The van der Waals surface area contributed by atoms with Crippen LogP contribution in [0, 0.1) is 6.92 Å². The maximum Gasteiger partial charge on any atom is 0.455 e. The van der Waals surface area contributed by atoms with Crippen LogP contribution in [0.3, 0.4) is 0 Å². The van der Waals surface area contributed by atoms with Gasteiger partial charge in [0.05, 0.1) is 4.88 Å². The maximum atomic E-state index is 11.8. The zero-order valence-corrected chi connectivity index (χ0v) is 6.92. The molecule has 0 saturated carbocycles. The number of hydrogen-bond donors (Lipinski definition) is 0. The summed E-state index contributed by atoms with van der Waals surface area (Å²) in [6.45, 7) is 1.48. The molecule has 0 bridgehead atoms. The molecule has 0 spiro atoms. The molecule has 1 aromatic heterocycles. The molecule has 0 N–H and O–H groups in total. The van der Waals surface area contributed by atoms with Crippen molar-refractivity contribution in [1.29, 1.82) is 0 Å². The monoisotopic (exact) mass is 194 g/mol. The summed E-state index contributed by atoms with van der Waals surface area (Å²) < 4.78 is 35.5. The van der Waals surface area contributed by atoms with E-state index < -0.39 is 12.0 Å². The highest BCUT2D eigenvalue weighted by molar-refractivity contribution is 7.12. The minimum atomic E-state index is -4.75. The van der Waals surface area contributed by atoms with Gasteiger partial charge in [-0.1, -0.05) is 0 Å². The van der Waals surface area contributed by atoms with Gasteiger partial charge in [0.2, 0.25) is 0 Å². The van der Waals surface area contributed by atoms with Gasteiger partial charge in [-0.2, -0.15) is 13.2 Å². The summed E-state index contributed by atoms with van der Waals surface area (Å²) in [6.07, 6.45) is -4.75. The van der Waals surface area contributed by atoms with Crippen molar-refractivity contribution in [2.24, 2.45) is 0 Å². The van der Waals surface area contributed by atoms with Crippen molar-refractivity contribution < 1.29 is 18.0 Å². The number of alkyl halides is 3. The lowest BCUT2D eigenvalue weighted by molar-refractivity contribution is -0.0882. The molecule has 5 heteroatoms. The number of halogens is 3. The van der Waals surface area contributed by atoms with Gasteiger partial charge in [-0.25, -0.2) is 0 Å². The van der Waals surface area contributed by atoms with E-state index in [1.807, 2.05) is 0 Å². The molecule has 0 saturated heterocycles. The summed E-state index contributed by atoms with van der Waals surface area (Å²) >= 11 is 0.815. The Morgan fingerprint density at radius 3 is 2.42 bits per heavy atom. The fourth-order valence-corrected chi connectivity index (χ4v) is 1.62. The predicted octanol–water partition coefficient (Wildman–Crippen LogP) is 2.80. The number of rotatable bonds is 1. The Morgan fingerprint density at radius 1 is 1.50 bits per heavy atom. The van der Waals surface area contributed by atoms with Gasteiger partial charge < -0.3 is 0 Å². The second-order valence-corrected chi connectivity index (χ2v) is 3.18. The summed E-state index contributed by atoms with van der Waals surface area (Å²) in [7, 11) is 0. The van der Waals surface area contributed by atoms with Crippen molar-refractivity contribution in [3.8, 4) is 0 Å². The quantitative estimate of drug-likeness (QED) is 0.628. The lowest BCUT2D eigenvalue weighted by Gasteiger charge is -2.02. The summed E-state index contributed by atoms with van der Waals surface area (Å²) in [5, 5.41) is 1.47. The molecule has 0 aliphatic heterocycles. The van der Waals surface area contributed by atoms with Crippen molar-refractivity contribution in [3.63, 3.8) is 0 Å². The van der Waals surface area contributed by atoms with Gasteiger partial charge in [-0.15, -0.1) is 11.3 Å². The number of hydrogen-bond acceptors (Lipinski definition) is 2. The maximum absolute atomic E-state index is 11.8.